The van der Waals surface area contributed by atoms with E-state index in [9.17, 15) is 45.0 Å². The Hall–Kier alpha value is -4.75. The molecule has 0 radical (unpaired) electrons. The molecule has 0 aliphatic heterocycles. The summed E-state index contributed by atoms with van der Waals surface area (Å²) in [6, 6.07) is 6.53. The zero-order chi connectivity index (χ0) is 29.6. The van der Waals surface area contributed by atoms with E-state index in [0.29, 0.717) is 11.1 Å². The highest BCUT2D eigenvalue weighted by molar-refractivity contribution is 5.91. The molecular weight excluding hydrogens is 532 g/mol. The number of hydrogen-bond donors (Lipinski definition) is 6. The molecule has 2 aromatic rings. The van der Waals surface area contributed by atoms with E-state index in [0.717, 1.165) is 12.2 Å². The summed E-state index contributed by atoms with van der Waals surface area (Å²) in [7, 11) is 2.62. The average Bonchev–Trinajstić information content (AvgIpc) is 2.91. The first-order chi connectivity index (χ1) is 18.9. The quantitative estimate of drug-likeness (QED) is 0.145. The van der Waals surface area contributed by atoms with Gasteiger partial charge in [-0.3, -0.25) is 0 Å². The predicted octanol–water partition coefficient (Wildman–Crippen LogP) is 1.34. The van der Waals surface area contributed by atoms with Crippen molar-refractivity contribution in [3.8, 4) is 28.7 Å². The maximum Gasteiger partial charge on any atom is 0.348 e. The van der Waals surface area contributed by atoms with Crippen LogP contribution < -0.4 is 9.47 Å². The van der Waals surface area contributed by atoms with Gasteiger partial charge >= 0.3 is 17.9 Å². The van der Waals surface area contributed by atoms with Gasteiger partial charge in [0.25, 0.3) is 0 Å². The number of benzene rings is 2. The van der Waals surface area contributed by atoms with Gasteiger partial charge in [0.2, 0.25) is 11.4 Å². The molecule has 0 bridgehead atoms. The second-order valence-corrected chi connectivity index (χ2v) is 8.85. The van der Waals surface area contributed by atoms with Crippen LogP contribution in [0.15, 0.2) is 42.5 Å². The zero-order valence-electron chi connectivity index (χ0n) is 21.4. The van der Waals surface area contributed by atoms with E-state index in [1.165, 1.54) is 56.7 Å². The Morgan fingerprint density at radius 1 is 0.850 bits per heavy atom. The lowest BCUT2D eigenvalue weighted by Crippen LogP contribution is -2.58. The van der Waals surface area contributed by atoms with Crippen molar-refractivity contribution in [2.24, 2.45) is 0 Å². The molecule has 0 spiro atoms. The first kappa shape index (κ1) is 29.8. The predicted molar refractivity (Wildman–Crippen MR) is 137 cm³/mol. The summed E-state index contributed by atoms with van der Waals surface area (Å²) in [4.78, 5) is 37.2. The molecule has 2 aromatic carbocycles. The number of carbonyl (C=O) groups is 3. The highest BCUT2D eigenvalue weighted by Gasteiger charge is 2.54. The molecule has 214 valence electrons. The van der Waals surface area contributed by atoms with Gasteiger partial charge in [0.05, 0.1) is 20.3 Å². The number of rotatable bonds is 9. The molecule has 0 amide bonds. The number of carboxylic acids is 1. The standard InChI is InChI=1S/C27H28O13/c1-37-19-10-15(11-20(38-2)25(19)34)5-8-23(32)40-27(26(35)36)12-18(30)24(33)21(13-27)39-22(31)7-4-14-3-6-16(28)17(29)9-14/h3-11,18,21,24,28-30,33-34H,12-13H2,1-2H3,(H,35,36)/b7-4+,8-5+/t18-,21-,24+,27-/m1/s1. The number of phenolic OH excluding ortho intramolecular Hbond substituents is 3. The highest BCUT2D eigenvalue weighted by Crippen LogP contribution is 2.38. The van der Waals surface area contributed by atoms with Gasteiger partial charge in [-0.1, -0.05) is 6.07 Å². The number of aromatic hydroxyl groups is 3. The van der Waals surface area contributed by atoms with Crippen molar-refractivity contribution in [2.45, 2.75) is 36.8 Å². The number of phenols is 3. The van der Waals surface area contributed by atoms with Crippen LogP contribution in [0.25, 0.3) is 12.2 Å². The molecule has 0 saturated heterocycles. The number of hydrogen-bond acceptors (Lipinski definition) is 12. The second kappa shape index (κ2) is 12.4. The number of carbonyl (C=O) groups excluding carboxylic acids is 2. The van der Waals surface area contributed by atoms with E-state index in [-0.39, 0.29) is 23.0 Å². The summed E-state index contributed by atoms with van der Waals surface area (Å²) in [5, 5.41) is 59.5. The summed E-state index contributed by atoms with van der Waals surface area (Å²) in [5.41, 5.74) is -1.68. The van der Waals surface area contributed by atoms with Gasteiger partial charge < -0.3 is 49.6 Å². The largest absolute Gasteiger partial charge is 0.504 e. The molecule has 0 unspecified atom stereocenters. The van der Waals surface area contributed by atoms with Gasteiger partial charge in [-0.15, -0.1) is 0 Å². The SMILES string of the molecule is COc1cc(/C=C/C(=O)O[C@]2(C(=O)O)C[C@@H](O)[C@H](O)[C@H](OC(=O)/C=C/c3ccc(O)c(O)c3)C2)cc(OC)c1O. The van der Waals surface area contributed by atoms with E-state index in [1.807, 2.05) is 0 Å². The molecule has 40 heavy (non-hydrogen) atoms. The molecular formula is C27H28O13. The van der Waals surface area contributed by atoms with E-state index in [4.69, 9.17) is 18.9 Å². The van der Waals surface area contributed by atoms with E-state index in [1.54, 1.807) is 0 Å². The minimum Gasteiger partial charge on any atom is -0.504 e. The first-order valence-corrected chi connectivity index (χ1v) is 11.8. The van der Waals surface area contributed by atoms with E-state index < -0.39 is 60.4 Å². The normalized spacial score (nSPS) is 22.6. The van der Waals surface area contributed by atoms with Gasteiger partial charge in [0, 0.05) is 25.0 Å². The number of carboxylic acid groups (broad SMARTS) is 1. The van der Waals surface area contributed by atoms with E-state index >= 15 is 0 Å². The Morgan fingerprint density at radius 2 is 1.45 bits per heavy atom. The summed E-state index contributed by atoms with van der Waals surface area (Å²) in [6.07, 6.45) is -1.98. The van der Waals surface area contributed by atoms with Gasteiger partial charge in [0.15, 0.2) is 23.0 Å². The summed E-state index contributed by atoms with van der Waals surface area (Å²) in [5.74, 6) is -4.71. The fraction of sp³-hybridized carbons (Fsp3) is 0.296. The lowest BCUT2D eigenvalue weighted by molar-refractivity contribution is -0.207. The minimum atomic E-state index is -2.35. The fourth-order valence-corrected chi connectivity index (χ4v) is 4.05. The van der Waals surface area contributed by atoms with Crippen molar-refractivity contribution in [3.63, 3.8) is 0 Å². The van der Waals surface area contributed by atoms with Crippen molar-refractivity contribution < 1.29 is 64.0 Å². The van der Waals surface area contributed by atoms with Crippen LogP contribution >= 0.6 is 0 Å². The third-order valence-corrected chi connectivity index (χ3v) is 6.12. The molecule has 3 rings (SSSR count). The number of methoxy groups -OCH3 is 2. The number of aliphatic hydroxyl groups is 2. The van der Waals surface area contributed by atoms with Crippen molar-refractivity contribution >= 4 is 30.1 Å². The summed E-state index contributed by atoms with van der Waals surface area (Å²) >= 11 is 0. The number of aliphatic hydroxyl groups excluding tert-OH is 2. The second-order valence-electron chi connectivity index (χ2n) is 8.85. The van der Waals surface area contributed by atoms with E-state index in [2.05, 4.69) is 0 Å². The smallest absolute Gasteiger partial charge is 0.348 e. The Morgan fingerprint density at radius 3 is 2.02 bits per heavy atom. The molecule has 13 nitrogen and oxygen atoms in total. The number of aliphatic carboxylic acids is 1. The molecule has 1 saturated carbocycles. The average molecular weight is 561 g/mol. The van der Waals surface area contributed by atoms with Crippen LogP contribution in [0.1, 0.15) is 24.0 Å². The molecule has 6 N–H and O–H groups in total. The summed E-state index contributed by atoms with van der Waals surface area (Å²) in [6.45, 7) is 0. The molecule has 0 heterocycles. The molecule has 1 aliphatic rings. The Kier molecular flexibility index (Phi) is 9.24. The third-order valence-electron chi connectivity index (χ3n) is 6.12. The Balaban J connectivity index is 1.76. The van der Waals surface area contributed by atoms with Gasteiger partial charge in [-0.2, -0.15) is 0 Å². The summed E-state index contributed by atoms with van der Waals surface area (Å²) < 4.78 is 20.5. The Labute approximate surface area is 227 Å². The van der Waals surface area contributed by atoms with Crippen LogP contribution in [0.5, 0.6) is 28.7 Å². The number of esters is 2. The van der Waals surface area contributed by atoms with Gasteiger partial charge in [0.1, 0.15) is 12.2 Å². The lowest BCUT2D eigenvalue weighted by atomic mass is 9.79. The third kappa shape index (κ3) is 6.81. The molecule has 13 heteroatoms. The van der Waals surface area contributed by atoms with Crippen LogP contribution in [-0.2, 0) is 23.9 Å². The zero-order valence-corrected chi connectivity index (χ0v) is 21.4. The van der Waals surface area contributed by atoms with Crippen molar-refractivity contribution in [1.82, 2.24) is 0 Å². The van der Waals surface area contributed by atoms with Crippen molar-refractivity contribution in [2.75, 3.05) is 14.2 Å². The van der Waals surface area contributed by atoms with Crippen LogP contribution in [0.2, 0.25) is 0 Å². The minimum absolute atomic E-state index is 0.0553. The first-order valence-electron chi connectivity index (χ1n) is 11.8. The van der Waals surface area contributed by atoms with Crippen molar-refractivity contribution in [1.29, 1.82) is 0 Å². The molecule has 4 atom stereocenters. The molecule has 1 fully saturated rings. The molecule has 0 aromatic heterocycles. The van der Waals surface area contributed by atoms with Crippen LogP contribution in [-0.4, -0.2) is 86.7 Å². The van der Waals surface area contributed by atoms with Crippen molar-refractivity contribution in [3.05, 3.63) is 53.6 Å². The highest BCUT2D eigenvalue weighted by atomic mass is 16.6. The Bertz CT molecular complexity index is 1310. The fourth-order valence-electron chi connectivity index (χ4n) is 4.05. The number of ether oxygens (including phenoxy) is 4. The van der Waals surface area contributed by atoms with Crippen LogP contribution in [0.4, 0.5) is 0 Å². The van der Waals surface area contributed by atoms with Crippen LogP contribution in [0.3, 0.4) is 0 Å². The van der Waals surface area contributed by atoms with Crippen LogP contribution in [0, 0.1) is 0 Å². The maximum atomic E-state index is 12.6. The lowest BCUT2D eigenvalue weighted by Gasteiger charge is -2.41. The monoisotopic (exact) mass is 560 g/mol. The topological polar surface area (TPSA) is 210 Å². The van der Waals surface area contributed by atoms with Gasteiger partial charge in [-0.05, 0) is 47.5 Å². The van der Waals surface area contributed by atoms with Gasteiger partial charge in [-0.25, -0.2) is 14.4 Å². The molecule has 1 aliphatic carbocycles. The maximum absolute atomic E-state index is 12.6.